The van der Waals surface area contributed by atoms with Gasteiger partial charge in [0.05, 0.1) is 36.4 Å². The van der Waals surface area contributed by atoms with Gasteiger partial charge in [0.15, 0.2) is 6.10 Å². The van der Waals surface area contributed by atoms with E-state index in [2.05, 4.69) is 4.90 Å². The lowest BCUT2D eigenvalue weighted by molar-refractivity contribution is -0.168. The van der Waals surface area contributed by atoms with Gasteiger partial charge in [0, 0.05) is 68.8 Å². The molecule has 13 heteroatoms. The average molecular weight is 715 g/mol. The van der Waals surface area contributed by atoms with E-state index in [9.17, 15) is 29.7 Å². The summed E-state index contributed by atoms with van der Waals surface area (Å²) in [6.07, 6.45) is 5.44. The fourth-order valence-electron chi connectivity index (χ4n) is 6.75. The number of hydrogen-bond acceptors (Lipinski definition) is 12. The van der Waals surface area contributed by atoms with E-state index >= 15 is 0 Å². The summed E-state index contributed by atoms with van der Waals surface area (Å²) < 4.78 is 33.4. The summed E-state index contributed by atoms with van der Waals surface area (Å²) in [7, 11) is 0. The Morgan fingerprint density at radius 1 is 1.26 bits per heavy atom. The van der Waals surface area contributed by atoms with Crippen LogP contribution in [0.1, 0.15) is 85.0 Å². The molecular formula is C37H65N3O10. The average Bonchev–Trinajstić information content (AvgIpc) is 3.85. The number of nitrogens with two attached hydrogens (primary N) is 1. The van der Waals surface area contributed by atoms with Crippen molar-refractivity contribution in [1.29, 1.82) is 0 Å². The van der Waals surface area contributed by atoms with Crippen LogP contribution in [0.3, 0.4) is 0 Å². The molecule has 3 aliphatic rings. The maximum absolute atomic E-state index is 13.4. The Bertz CT molecular complexity index is 1250. The lowest BCUT2D eigenvalue weighted by Gasteiger charge is -2.38. The number of nitrogens with zero attached hydrogens (tertiary/aromatic N) is 2. The Hall–Kier alpha value is -2.81. The Kier molecular flexibility index (Phi) is 14.9. The van der Waals surface area contributed by atoms with E-state index < -0.39 is 59.6 Å². The molecule has 0 spiro atoms. The van der Waals surface area contributed by atoms with Gasteiger partial charge in [-0.1, -0.05) is 45.1 Å². The van der Waals surface area contributed by atoms with E-state index in [1.165, 1.54) is 6.92 Å². The fourth-order valence-corrected chi connectivity index (χ4v) is 6.75. The Labute approximate surface area is 302 Å². The Balaban J connectivity index is 0.00000460. The molecule has 13 nitrogen and oxygen atoms in total. The van der Waals surface area contributed by atoms with Crippen LogP contribution in [-0.2, 0) is 28.5 Å². The molecule has 0 saturated carbocycles. The molecule has 0 radical (unpaired) electrons. The van der Waals surface area contributed by atoms with Crippen molar-refractivity contribution in [1.82, 2.24) is 9.80 Å². The molecule has 2 fully saturated rings. The predicted molar refractivity (Wildman–Crippen MR) is 192 cm³/mol. The van der Waals surface area contributed by atoms with Gasteiger partial charge in [-0.25, -0.2) is 4.79 Å². The van der Waals surface area contributed by atoms with Gasteiger partial charge >= 0.3 is 18.0 Å². The number of hydrogen-bond donors (Lipinski definition) is 4. The molecule has 3 rings (SSSR count). The molecule has 3 heterocycles. The normalized spacial score (nSPS) is 33.5. The molecule has 5 N–H and O–H groups in total. The second-order valence-corrected chi connectivity index (χ2v) is 14.7. The van der Waals surface area contributed by atoms with Gasteiger partial charge < -0.3 is 44.9 Å². The fraction of sp³-hybridized carbons (Fsp3) is 0.757. The monoisotopic (exact) mass is 714 g/mol. The zero-order valence-corrected chi connectivity index (χ0v) is 31.0. The summed E-state index contributed by atoms with van der Waals surface area (Å²) in [6.45, 7) is 15.7. The third-order valence-electron chi connectivity index (χ3n) is 10.0. The van der Waals surface area contributed by atoms with Gasteiger partial charge in [-0.2, -0.15) is 0 Å². The van der Waals surface area contributed by atoms with E-state index in [1.54, 1.807) is 49.1 Å². The number of cyclic esters (lactones) is 1. The molecule has 0 aliphatic carbocycles. The maximum Gasteiger partial charge on any atom is 0.410 e. The van der Waals surface area contributed by atoms with Crippen molar-refractivity contribution >= 4 is 18.0 Å². The van der Waals surface area contributed by atoms with Gasteiger partial charge in [-0.15, -0.1) is 0 Å². The van der Waals surface area contributed by atoms with Crippen LogP contribution >= 0.6 is 0 Å². The Morgan fingerprint density at radius 2 is 1.94 bits per heavy atom. The molecule has 0 aromatic heterocycles. The first-order valence-electron chi connectivity index (χ1n) is 19.0. The highest BCUT2D eigenvalue weighted by Gasteiger charge is 2.47. The molecule has 0 aromatic carbocycles. The number of carbonyl (C=O) groups excluding carboxylic acids is 3. The van der Waals surface area contributed by atoms with Gasteiger partial charge in [-0.05, 0) is 51.7 Å². The lowest BCUT2D eigenvalue weighted by Crippen LogP contribution is -2.52. The minimum atomic E-state index is -1.32. The van der Waals surface area contributed by atoms with Crippen molar-refractivity contribution in [3.8, 4) is 0 Å². The first kappa shape index (κ1) is 40.0. The minimum Gasteiger partial charge on any atom is -0.457 e. The molecule has 2 saturated heterocycles. The second kappa shape index (κ2) is 18.6. The topological polar surface area (TPSA) is 185 Å². The van der Waals surface area contributed by atoms with Crippen LogP contribution in [0.4, 0.5) is 4.79 Å². The third kappa shape index (κ3) is 12.4. The second-order valence-electron chi connectivity index (χ2n) is 14.7. The zero-order chi connectivity index (χ0) is 39.2. The van der Waals surface area contributed by atoms with Crippen LogP contribution in [-0.4, -0.2) is 130 Å². The van der Waals surface area contributed by atoms with Crippen LogP contribution in [0.25, 0.3) is 0 Å². The number of esters is 2. The zero-order valence-electron chi connectivity index (χ0n) is 33.0. The predicted octanol–water partition coefficient (Wildman–Crippen LogP) is 3.35. The third-order valence-corrected chi connectivity index (χ3v) is 10.0. The summed E-state index contributed by atoms with van der Waals surface area (Å²) in [6, 6.07) is 0. The van der Waals surface area contributed by atoms with Crippen molar-refractivity contribution in [3.63, 3.8) is 0 Å². The number of epoxide rings is 1. The molecule has 1 amide bonds. The number of amides is 1. The van der Waals surface area contributed by atoms with Crippen molar-refractivity contribution in [3.05, 3.63) is 36.0 Å². The quantitative estimate of drug-likeness (QED) is 0.0761. The van der Waals surface area contributed by atoms with Crippen LogP contribution in [0.15, 0.2) is 36.0 Å². The molecular weight excluding hydrogens is 646 g/mol. The van der Waals surface area contributed by atoms with E-state index in [0.29, 0.717) is 51.1 Å². The lowest BCUT2D eigenvalue weighted by atomic mass is 9.88. The van der Waals surface area contributed by atoms with Gasteiger partial charge in [0.25, 0.3) is 0 Å². The van der Waals surface area contributed by atoms with E-state index in [4.69, 9.17) is 27.7 Å². The molecule has 50 heavy (non-hydrogen) atoms. The smallest absolute Gasteiger partial charge is 0.410 e. The van der Waals surface area contributed by atoms with E-state index in [-0.39, 0.29) is 38.8 Å². The number of ether oxygens (including phenoxy) is 4. The first-order chi connectivity index (χ1) is 24.5. The summed E-state index contributed by atoms with van der Waals surface area (Å²) in [5.74, 6) is -1.60. The van der Waals surface area contributed by atoms with Crippen LogP contribution in [0.5, 0.6) is 0 Å². The summed E-state index contributed by atoms with van der Waals surface area (Å²) in [5.41, 5.74) is 3.87. The number of piperazine rings is 1. The highest BCUT2D eigenvalue weighted by Crippen LogP contribution is 2.38. The van der Waals surface area contributed by atoms with Gasteiger partial charge in [0.2, 0.25) is 0 Å². The van der Waals surface area contributed by atoms with Gasteiger partial charge in [-0.3, -0.25) is 14.5 Å². The number of aliphatic hydroxyl groups excluding tert-OH is 2. The summed E-state index contributed by atoms with van der Waals surface area (Å²) in [5, 5.41) is 32.0. The summed E-state index contributed by atoms with van der Waals surface area (Å²) in [4.78, 5) is 42.5. The first-order valence-corrected chi connectivity index (χ1v) is 18.0. The number of rotatable bonds is 12. The highest BCUT2D eigenvalue weighted by molar-refractivity contribution is 5.71. The Morgan fingerprint density at radius 3 is 2.56 bits per heavy atom. The van der Waals surface area contributed by atoms with Crippen molar-refractivity contribution in [2.45, 2.75) is 128 Å². The number of carbonyl (C=O) groups is 3. The molecule has 0 bridgehead atoms. The van der Waals surface area contributed by atoms with Gasteiger partial charge in [0.1, 0.15) is 11.7 Å². The number of aliphatic hydroxyl groups is 3. The minimum absolute atomic E-state index is 0. The van der Waals surface area contributed by atoms with Crippen molar-refractivity contribution in [2.75, 3.05) is 39.3 Å². The van der Waals surface area contributed by atoms with Crippen LogP contribution < -0.4 is 5.73 Å². The highest BCUT2D eigenvalue weighted by atomic mass is 16.6. The largest absolute Gasteiger partial charge is 0.457 e. The van der Waals surface area contributed by atoms with Crippen LogP contribution in [0.2, 0.25) is 0 Å². The standard InChI is InChI=1S/C37H61N3O10.2H2/c1-8-29(43)26(4)34-30(47-34)23-36(6,46)14-9-10-24(2)33-25(3)11-12-31(48-35(45)40-20-18-39(17-16-38)19-21-40)37(7,50-27(5)41)15-13-28(42)22-32(44)49-33;;/h9-12,14,25-26,28-31,33-34,42-43,46H,8,13,15-23,38H2,1-7H3;2*1H/b12-11+,14-9+,24-10+;;/t25-,26+,28+,29-,30+,31-,33+,34+,36-,37+;;/m0../s1/i;1+1D;1+1. The summed E-state index contributed by atoms with van der Waals surface area (Å²) >= 11 is 0. The molecule has 0 unspecified atom stereocenters. The molecule has 0 aromatic rings. The van der Waals surface area contributed by atoms with Crippen molar-refractivity contribution < 1.29 is 53.0 Å². The van der Waals surface area contributed by atoms with Crippen molar-refractivity contribution in [2.24, 2.45) is 17.6 Å². The molecule has 10 atom stereocenters. The maximum atomic E-state index is 13.4. The molecule has 288 valence electrons. The number of allylic oxidation sites excluding steroid dienone is 2. The van der Waals surface area contributed by atoms with Crippen LogP contribution in [0, 0.1) is 11.8 Å². The van der Waals surface area contributed by atoms with E-state index in [1.807, 2.05) is 27.7 Å². The molecule has 3 aliphatic heterocycles. The van der Waals surface area contributed by atoms with E-state index in [0.717, 1.165) is 6.54 Å². The SMILES string of the molecule is CC[C@H](O)[C@@H](C)[C@H]1O[C@@H]1C[C@@](C)(O)/C=C/C=C(\C)[C@H]1OC(=O)C[C@H](O)CC[C@@](C)(OC(C)=O)[C@@H](OC(=O)N2CCN(CCN)CC2)/C=C/[C@@H]1C.[2HH].[2H][2H].